The number of nitrogens with one attached hydrogen (secondary N) is 1. The highest BCUT2D eigenvalue weighted by molar-refractivity contribution is 7.92. The van der Waals surface area contributed by atoms with Crippen LogP contribution in [0.1, 0.15) is 18.9 Å². The van der Waals surface area contributed by atoms with E-state index in [-0.39, 0.29) is 29.3 Å². The minimum absolute atomic E-state index is 0.106. The fraction of sp³-hybridized carbons (Fsp3) is 0.333. The van der Waals surface area contributed by atoms with Crippen molar-refractivity contribution < 1.29 is 17.9 Å². The third-order valence-corrected chi connectivity index (χ3v) is 3.84. The number of esters is 1. The van der Waals surface area contributed by atoms with Gasteiger partial charge in [-0.1, -0.05) is 11.6 Å². The average Bonchev–Trinajstić information content (AvgIpc) is 2.39. The van der Waals surface area contributed by atoms with Crippen LogP contribution in [0.4, 0.5) is 5.69 Å². The Hall–Kier alpha value is -1.78. The molecule has 0 bridgehead atoms. The summed E-state index contributed by atoms with van der Waals surface area (Å²) in [5, 5.41) is 8.93. The standard InChI is InChI=1S/C12H13ClN2O4S/c1-2-19-12(16)5-6-20(17,18)15-11-7-9(8-14)3-4-10(11)13/h3-4,7,15H,2,5-6H2,1H3. The molecule has 0 aliphatic rings. The first-order valence-corrected chi connectivity index (χ1v) is 7.76. The van der Waals surface area contributed by atoms with E-state index in [4.69, 9.17) is 16.9 Å². The summed E-state index contributed by atoms with van der Waals surface area (Å²) in [5.74, 6) is -1.01. The van der Waals surface area contributed by atoms with Crippen molar-refractivity contribution >= 4 is 33.3 Å². The number of rotatable bonds is 6. The van der Waals surface area contributed by atoms with E-state index < -0.39 is 21.7 Å². The lowest BCUT2D eigenvalue weighted by Gasteiger charge is -2.09. The number of halogens is 1. The number of nitriles is 1. The molecule has 0 amide bonds. The summed E-state index contributed by atoms with van der Waals surface area (Å²) in [4.78, 5) is 11.1. The molecule has 1 aromatic carbocycles. The fourth-order valence-corrected chi connectivity index (χ4v) is 2.60. The predicted octanol–water partition coefficient (Wildman–Crippen LogP) is 1.91. The maximum Gasteiger partial charge on any atom is 0.306 e. The Balaban J connectivity index is 2.76. The number of nitrogens with zero attached hydrogens (tertiary/aromatic N) is 1. The van der Waals surface area contributed by atoms with Crippen LogP contribution in [0.3, 0.4) is 0 Å². The van der Waals surface area contributed by atoms with E-state index in [9.17, 15) is 13.2 Å². The average molecular weight is 317 g/mol. The molecule has 0 heterocycles. The number of hydrogen-bond donors (Lipinski definition) is 1. The molecule has 108 valence electrons. The van der Waals surface area contributed by atoms with Gasteiger partial charge in [0.25, 0.3) is 0 Å². The van der Waals surface area contributed by atoms with Crippen LogP contribution in [-0.2, 0) is 19.6 Å². The molecule has 1 aromatic rings. The summed E-state index contributed by atoms with van der Waals surface area (Å²) in [5.41, 5.74) is 0.382. The SMILES string of the molecule is CCOC(=O)CCS(=O)(=O)Nc1cc(C#N)ccc1Cl. The molecule has 20 heavy (non-hydrogen) atoms. The molecule has 6 nitrogen and oxygen atoms in total. The molecule has 0 fully saturated rings. The van der Waals surface area contributed by atoms with Crippen molar-refractivity contribution in [2.75, 3.05) is 17.1 Å². The van der Waals surface area contributed by atoms with Gasteiger partial charge in [-0.05, 0) is 25.1 Å². The van der Waals surface area contributed by atoms with Gasteiger partial charge in [0.15, 0.2) is 0 Å². The largest absolute Gasteiger partial charge is 0.466 e. The Morgan fingerprint density at radius 3 is 2.80 bits per heavy atom. The molecule has 0 atom stereocenters. The van der Waals surface area contributed by atoms with Crippen LogP contribution >= 0.6 is 11.6 Å². The number of ether oxygens (including phenoxy) is 1. The Kier molecular flexibility index (Phi) is 5.80. The number of hydrogen-bond acceptors (Lipinski definition) is 5. The molecular formula is C12H13ClN2O4S. The van der Waals surface area contributed by atoms with Crippen molar-refractivity contribution in [1.82, 2.24) is 0 Å². The number of carbonyl (C=O) groups excluding carboxylic acids is 1. The van der Waals surface area contributed by atoms with E-state index in [2.05, 4.69) is 9.46 Å². The van der Waals surface area contributed by atoms with E-state index in [1.165, 1.54) is 18.2 Å². The second-order valence-corrected chi connectivity index (χ2v) is 6.03. The summed E-state index contributed by atoms with van der Waals surface area (Å²) in [6, 6.07) is 6.09. The van der Waals surface area contributed by atoms with Gasteiger partial charge < -0.3 is 4.74 Å². The highest BCUT2D eigenvalue weighted by Crippen LogP contribution is 2.24. The molecule has 0 aliphatic carbocycles. The molecule has 0 aromatic heterocycles. The predicted molar refractivity (Wildman–Crippen MR) is 74.8 cm³/mol. The highest BCUT2D eigenvalue weighted by atomic mass is 35.5. The Morgan fingerprint density at radius 2 is 2.20 bits per heavy atom. The van der Waals surface area contributed by atoms with Crippen LogP contribution in [0.2, 0.25) is 5.02 Å². The molecule has 0 saturated carbocycles. The lowest BCUT2D eigenvalue weighted by molar-refractivity contribution is -0.142. The number of anilines is 1. The van der Waals surface area contributed by atoms with Gasteiger partial charge in [0, 0.05) is 0 Å². The van der Waals surface area contributed by atoms with Gasteiger partial charge in [0.2, 0.25) is 10.0 Å². The van der Waals surface area contributed by atoms with Crippen LogP contribution in [0.15, 0.2) is 18.2 Å². The smallest absolute Gasteiger partial charge is 0.306 e. The summed E-state index contributed by atoms with van der Waals surface area (Å²) in [7, 11) is -3.74. The molecule has 0 spiro atoms. The zero-order valence-corrected chi connectivity index (χ0v) is 12.3. The van der Waals surface area contributed by atoms with Crippen molar-refractivity contribution in [3.05, 3.63) is 28.8 Å². The summed E-state index contributed by atoms with van der Waals surface area (Å²) in [6.07, 6.45) is -0.251. The first kappa shape index (κ1) is 16.3. The minimum atomic E-state index is -3.74. The lowest BCUT2D eigenvalue weighted by Crippen LogP contribution is -2.20. The maximum absolute atomic E-state index is 11.8. The van der Waals surface area contributed by atoms with E-state index in [0.717, 1.165) is 0 Å². The minimum Gasteiger partial charge on any atom is -0.466 e. The molecule has 0 aliphatic heterocycles. The fourth-order valence-electron chi connectivity index (χ4n) is 1.34. The van der Waals surface area contributed by atoms with E-state index >= 15 is 0 Å². The first-order chi connectivity index (χ1) is 9.38. The van der Waals surface area contributed by atoms with Crippen LogP contribution < -0.4 is 4.72 Å². The second-order valence-electron chi connectivity index (χ2n) is 3.78. The van der Waals surface area contributed by atoms with Gasteiger partial charge in [-0.25, -0.2) is 8.42 Å². The van der Waals surface area contributed by atoms with Gasteiger partial charge >= 0.3 is 5.97 Å². The van der Waals surface area contributed by atoms with E-state index in [0.29, 0.717) is 0 Å². The third kappa shape index (κ3) is 5.07. The van der Waals surface area contributed by atoms with Crippen LogP contribution in [-0.4, -0.2) is 26.7 Å². The Bertz CT molecular complexity index is 637. The van der Waals surface area contributed by atoms with Gasteiger partial charge in [0.05, 0.1) is 41.1 Å². The Morgan fingerprint density at radius 1 is 1.50 bits per heavy atom. The summed E-state index contributed by atoms with van der Waals surface area (Å²) >= 11 is 5.84. The zero-order valence-electron chi connectivity index (χ0n) is 10.7. The zero-order chi connectivity index (χ0) is 15.2. The van der Waals surface area contributed by atoms with Crippen molar-refractivity contribution in [3.8, 4) is 6.07 Å². The number of benzene rings is 1. The van der Waals surface area contributed by atoms with Crippen LogP contribution in [0.25, 0.3) is 0 Å². The van der Waals surface area contributed by atoms with Crippen molar-refractivity contribution in [2.24, 2.45) is 0 Å². The topological polar surface area (TPSA) is 96.3 Å². The maximum atomic E-state index is 11.8. The quantitative estimate of drug-likeness (QED) is 0.809. The van der Waals surface area contributed by atoms with Crippen molar-refractivity contribution in [2.45, 2.75) is 13.3 Å². The first-order valence-electron chi connectivity index (χ1n) is 5.73. The Labute approximate surface area is 122 Å². The molecule has 1 N–H and O–H groups in total. The van der Waals surface area contributed by atoms with Gasteiger partial charge in [-0.3, -0.25) is 9.52 Å². The molecule has 0 unspecified atom stereocenters. The lowest BCUT2D eigenvalue weighted by atomic mass is 10.2. The molecule has 8 heteroatoms. The molecule has 0 radical (unpaired) electrons. The highest BCUT2D eigenvalue weighted by Gasteiger charge is 2.15. The van der Waals surface area contributed by atoms with Crippen molar-refractivity contribution in [3.63, 3.8) is 0 Å². The summed E-state index contributed by atoms with van der Waals surface area (Å²) < 4.78 is 30.5. The monoisotopic (exact) mass is 316 g/mol. The normalized spacial score (nSPS) is 10.7. The summed E-state index contributed by atoms with van der Waals surface area (Å²) in [6.45, 7) is 1.83. The molecule has 0 saturated heterocycles. The molecular weight excluding hydrogens is 304 g/mol. The van der Waals surface area contributed by atoms with Gasteiger partial charge in [0.1, 0.15) is 0 Å². The van der Waals surface area contributed by atoms with Crippen molar-refractivity contribution in [1.29, 1.82) is 5.26 Å². The number of carbonyl (C=O) groups is 1. The van der Waals surface area contributed by atoms with Gasteiger partial charge in [-0.15, -0.1) is 0 Å². The van der Waals surface area contributed by atoms with E-state index in [1.54, 1.807) is 6.92 Å². The van der Waals surface area contributed by atoms with E-state index in [1.807, 2.05) is 6.07 Å². The second kappa shape index (κ2) is 7.12. The van der Waals surface area contributed by atoms with Crippen LogP contribution in [0.5, 0.6) is 0 Å². The van der Waals surface area contributed by atoms with Crippen LogP contribution in [0, 0.1) is 11.3 Å². The molecule has 1 rings (SSSR count). The third-order valence-electron chi connectivity index (χ3n) is 2.24. The number of sulfonamides is 1. The van der Waals surface area contributed by atoms with Gasteiger partial charge in [-0.2, -0.15) is 5.26 Å².